The lowest BCUT2D eigenvalue weighted by molar-refractivity contribution is -0.147. The van der Waals surface area contributed by atoms with Crippen LogP contribution in [0.1, 0.15) is 22.8 Å². The van der Waals surface area contributed by atoms with E-state index in [-0.39, 0.29) is 0 Å². The summed E-state index contributed by atoms with van der Waals surface area (Å²) >= 11 is 3.29. The van der Waals surface area contributed by atoms with Gasteiger partial charge in [-0.1, -0.05) is 22.0 Å². The number of benzene rings is 1. The Morgan fingerprint density at radius 2 is 2.00 bits per heavy atom. The first-order valence-electron chi connectivity index (χ1n) is 4.11. The Morgan fingerprint density at radius 3 is 2.50 bits per heavy atom. The van der Waals surface area contributed by atoms with Crippen molar-refractivity contribution in [2.24, 2.45) is 0 Å². The minimum atomic E-state index is -1.45. The van der Waals surface area contributed by atoms with E-state index >= 15 is 0 Å². The number of hydrogen-bond donors (Lipinski definition) is 2. The molecule has 14 heavy (non-hydrogen) atoms. The molecule has 0 aliphatic carbocycles. The summed E-state index contributed by atoms with van der Waals surface area (Å²) in [6, 6.07) is 3.61. The smallest absolute Gasteiger partial charge is 0.337 e. The van der Waals surface area contributed by atoms with Gasteiger partial charge in [-0.3, -0.25) is 0 Å². The monoisotopic (exact) mass is 258 g/mol. The molecule has 76 valence electrons. The first-order valence-corrected chi connectivity index (χ1v) is 4.91. The highest BCUT2D eigenvalue weighted by Crippen LogP contribution is 2.27. The summed E-state index contributed by atoms with van der Waals surface area (Å²) in [5.74, 6) is -1.23. The van der Waals surface area contributed by atoms with Crippen LogP contribution >= 0.6 is 15.9 Å². The van der Waals surface area contributed by atoms with Crippen LogP contribution in [0, 0.1) is 13.8 Å². The molecule has 1 unspecified atom stereocenters. The number of carboxylic acid groups (broad SMARTS) is 1. The third-order valence-electron chi connectivity index (χ3n) is 2.17. The summed E-state index contributed by atoms with van der Waals surface area (Å²) in [7, 11) is 0. The van der Waals surface area contributed by atoms with Gasteiger partial charge in [0.2, 0.25) is 0 Å². The van der Waals surface area contributed by atoms with E-state index < -0.39 is 12.1 Å². The number of aliphatic hydroxyl groups is 1. The molecule has 3 nitrogen and oxygen atoms in total. The molecule has 0 aliphatic heterocycles. The van der Waals surface area contributed by atoms with E-state index in [1.807, 2.05) is 6.07 Å². The predicted molar refractivity (Wildman–Crippen MR) is 56.2 cm³/mol. The van der Waals surface area contributed by atoms with Gasteiger partial charge in [-0.15, -0.1) is 0 Å². The van der Waals surface area contributed by atoms with E-state index in [1.54, 1.807) is 19.9 Å². The van der Waals surface area contributed by atoms with Crippen molar-refractivity contribution >= 4 is 21.9 Å². The molecule has 0 aliphatic rings. The van der Waals surface area contributed by atoms with Crippen LogP contribution in [0.15, 0.2) is 16.6 Å². The molecule has 0 spiro atoms. The lowest BCUT2D eigenvalue weighted by Crippen LogP contribution is -2.13. The zero-order chi connectivity index (χ0) is 10.9. The Kier molecular flexibility index (Phi) is 3.29. The van der Waals surface area contributed by atoms with E-state index in [1.165, 1.54) is 0 Å². The van der Waals surface area contributed by atoms with Crippen LogP contribution in [0.25, 0.3) is 0 Å². The Labute approximate surface area is 90.5 Å². The molecule has 0 aromatic heterocycles. The Balaban J connectivity index is 3.32. The molecule has 0 bridgehead atoms. The predicted octanol–water partition coefficient (Wildman–Crippen LogP) is 2.18. The summed E-state index contributed by atoms with van der Waals surface area (Å²) < 4.78 is 0.804. The topological polar surface area (TPSA) is 57.5 Å². The molecule has 1 aromatic rings. The molecular weight excluding hydrogens is 248 g/mol. The summed E-state index contributed by atoms with van der Waals surface area (Å²) in [5.41, 5.74) is 2.01. The lowest BCUT2D eigenvalue weighted by atomic mass is 9.98. The molecule has 0 fully saturated rings. The van der Waals surface area contributed by atoms with Crippen molar-refractivity contribution in [2.75, 3.05) is 0 Å². The summed E-state index contributed by atoms with van der Waals surface area (Å²) in [4.78, 5) is 10.7. The van der Waals surface area contributed by atoms with Gasteiger partial charge >= 0.3 is 5.97 Å². The fourth-order valence-electron chi connectivity index (χ4n) is 1.38. The molecule has 0 saturated carbocycles. The fraction of sp³-hybridized carbons (Fsp3) is 0.300. The van der Waals surface area contributed by atoms with Gasteiger partial charge in [0, 0.05) is 4.47 Å². The standard InChI is InChI=1S/C10H11BrO3/c1-5-3-4-7(11)6(2)8(5)9(12)10(13)14/h3-4,9,12H,1-2H3,(H,13,14). The number of aliphatic carboxylic acids is 1. The Bertz CT molecular complexity index is 374. The van der Waals surface area contributed by atoms with Crippen LogP contribution in [0.2, 0.25) is 0 Å². The highest BCUT2D eigenvalue weighted by atomic mass is 79.9. The van der Waals surface area contributed by atoms with Crippen molar-refractivity contribution < 1.29 is 15.0 Å². The Hall–Kier alpha value is -0.870. The zero-order valence-electron chi connectivity index (χ0n) is 7.91. The highest BCUT2D eigenvalue weighted by molar-refractivity contribution is 9.10. The largest absolute Gasteiger partial charge is 0.479 e. The van der Waals surface area contributed by atoms with Crippen LogP contribution < -0.4 is 0 Å². The lowest BCUT2D eigenvalue weighted by Gasteiger charge is -2.13. The Morgan fingerprint density at radius 1 is 1.43 bits per heavy atom. The number of aryl methyl sites for hydroxylation is 1. The van der Waals surface area contributed by atoms with Crippen molar-refractivity contribution in [1.82, 2.24) is 0 Å². The third kappa shape index (κ3) is 1.96. The molecule has 0 heterocycles. The van der Waals surface area contributed by atoms with Crippen molar-refractivity contribution in [3.8, 4) is 0 Å². The van der Waals surface area contributed by atoms with Gasteiger partial charge in [0.05, 0.1) is 0 Å². The van der Waals surface area contributed by atoms with E-state index in [0.29, 0.717) is 5.56 Å². The third-order valence-corrected chi connectivity index (χ3v) is 3.03. The van der Waals surface area contributed by atoms with E-state index in [2.05, 4.69) is 15.9 Å². The number of carboxylic acids is 1. The first-order chi connectivity index (χ1) is 6.45. The summed E-state index contributed by atoms with van der Waals surface area (Å²) in [5, 5.41) is 18.2. The van der Waals surface area contributed by atoms with Gasteiger partial charge in [0.1, 0.15) is 0 Å². The number of carbonyl (C=O) groups is 1. The average Bonchev–Trinajstić information content (AvgIpc) is 2.12. The molecule has 1 rings (SSSR count). The van der Waals surface area contributed by atoms with E-state index in [4.69, 9.17) is 5.11 Å². The summed E-state index contributed by atoms with van der Waals surface area (Å²) in [6.07, 6.45) is -1.45. The molecule has 0 radical (unpaired) electrons. The van der Waals surface area contributed by atoms with Gasteiger partial charge in [-0.2, -0.15) is 0 Å². The number of hydrogen-bond acceptors (Lipinski definition) is 2. The number of rotatable bonds is 2. The van der Waals surface area contributed by atoms with Crippen molar-refractivity contribution in [2.45, 2.75) is 20.0 Å². The SMILES string of the molecule is Cc1ccc(Br)c(C)c1C(O)C(=O)O. The average molecular weight is 259 g/mol. The van der Waals surface area contributed by atoms with Crippen molar-refractivity contribution in [1.29, 1.82) is 0 Å². The molecule has 1 atom stereocenters. The maximum Gasteiger partial charge on any atom is 0.337 e. The van der Waals surface area contributed by atoms with Crippen molar-refractivity contribution in [3.05, 3.63) is 33.3 Å². The molecule has 2 N–H and O–H groups in total. The van der Waals surface area contributed by atoms with Crippen LogP contribution in [-0.4, -0.2) is 16.2 Å². The second-order valence-corrected chi connectivity index (χ2v) is 4.00. The van der Waals surface area contributed by atoms with Gasteiger partial charge in [0.25, 0.3) is 0 Å². The summed E-state index contributed by atoms with van der Waals surface area (Å²) in [6.45, 7) is 3.56. The molecule has 4 heteroatoms. The van der Waals surface area contributed by atoms with Gasteiger partial charge < -0.3 is 10.2 Å². The van der Waals surface area contributed by atoms with Crippen LogP contribution in [0.3, 0.4) is 0 Å². The van der Waals surface area contributed by atoms with E-state index in [9.17, 15) is 9.90 Å². The van der Waals surface area contributed by atoms with E-state index in [0.717, 1.165) is 15.6 Å². The number of aliphatic hydroxyl groups excluding tert-OH is 1. The highest BCUT2D eigenvalue weighted by Gasteiger charge is 2.21. The minimum Gasteiger partial charge on any atom is -0.479 e. The number of halogens is 1. The van der Waals surface area contributed by atoms with Gasteiger partial charge in [0.15, 0.2) is 6.10 Å². The molecule has 1 aromatic carbocycles. The zero-order valence-corrected chi connectivity index (χ0v) is 9.50. The van der Waals surface area contributed by atoms with Gasteiger partial charge in [-0.05, 0) is 36.6 Å². The van der Waals surface area contributed by atoms with Crippen LogP contribution in [0.4, 0.5) is 0 Å². The molecular formula is C10H11BrO3. The normalized spacial score (nSPS) is 12.6. The van der Waals surface area contributed by atoms with Crippen molar-refractivity contribution in [3.63, 3.8) is 0 Å². The minimum absolute atomic E-state index is 0.465. The first kappa shape index (κ1) is 11.2. The second kappa shape index (κ2) is 4.11. The van der Waals surface area contributed by atoms with Crippen LogP contribution in [0.5, 0.6) is 0 Å². The second-order valence-electron chi connectivity index (χ2n) is 3.14. The quantitative estimate of drug-likeness (QED) is 0.855. The molecule has 0 amide bonds. The van der Waals surface area contributed by atoms with Crippen LogP contribution in [-0.2, 0) is 4.79 Å². The fourth-order valence-corrected chi connectivity index (χ4v) is 1.73. The maximum absolute atomic E-state index is 10.7. The van der Waals surface area contributed by atoms with Gasteiger partial charge in [-0.25, -0.2) is 4.79 Å². The maximum atomic E-state index is 10.7. The molecule has 0 saturated heterocycles.